The molecule has 0 bridgehead atoms. The summed E-state index contributed by atoms with van der Waals surface area (Å²) < 4.78 is 7.40. The SMILES string of the molecule is O=C(O)C(=CCSCCCN1CCOCC1)c1ccc2ncnc(Nc3cc4cn(Cc5ccccc5)nc4c4ccccc34)c2c1. The number of hydrogen-bond acceptors (Lipinski definition) is 8. The molecule has 1 fully saturated rings. The van der Waals surface area contributed by atoms with Crippen LogP contribution in [0.2, 0.25) is 0 Å². The molecule has 47 heavy (non-hydrogen) atoms. The van der Waals surface area contributed by atoms with Gasteiger partial charge in [-0.15, -0.1) is 0 Å². The largest absolute Gasteiger partial charge is 0.478 e. The van der Waals surface area contributed by atoms with E-state index in [1.807, 2.05) is 59.3 Å². The fourth-order valence-electron chi connectivity index (χ4n) is 6.08. The van der Waals surface area contributed by atoms with Gasteiger partial charge in [-0.3, -0.25) is 9.58 Å². The fourth-order valence-corrected chi connectivity index (χ4v) is 6.87. The molecule has 0 unspecified atom stereocenters. The van der Waals surface area contributed by atoms with Gasteiger partial charge in [0.25, 0.3) is 0 Å². The maximum Gasteiger partial charge on any atom is 0.335 e. The van der Waals surface area contributed by atoms with E-state index in [4.69, 9.17) is 9.84 Å². The lowest BCUT2D eigenvalue weighted by atomic mass is 10.0. The first-order valence-electron chi connectivity index (χ1n) is 15.9. The molecular weight excluding hydrogens is 609 g/mol. The molecule has 0 atom stereocenters. The van der Waals surface area contributed by atoms with Gasteiger partial charge in [0.15, 0.2) is 0 Å². The topological polar surface area (TPSA) is 105 Å². The number of rotatable bonds is 12. The van der Waals surface area contributed by atoms with Gasteiger partial charge in [-0.1, -0.05) is 66.7 Å². The monoisotopic (exact) mass is 644 g/mol. The average molecular weight is 645 g/mol. The highest BCUT2D eigenvalue weighted by Gasteiger charge is 2.16. The van der Waals surface area contributed by atoms with Crippen molar-refractivity contribution in [1.82, 2.24) is 24.6 Å². The van der Waals surface area contributed by atoms with Gasteiger partial charge in [0.05, 0.1) is 30.8 Å². The number of ether oxygens (including phenoxy) is 1. The van der Waals surface area contributed by atoms with Crippen molar-refractivity contribution in [3.05, 3.63) is 109 Å². The number of carboxylic acid groups (broad SMARTS) is 1. The standard InChI is InChI=1S/C37H36N6O3S/c44-37(45)29(13-20-47-19-6-14-42-15-17-46-18-16-42)27-11-12-33-32(21-27)36(39-25-38-33)40-34-22-28-24-43(23-26-7-2-1-3-8-26)41-35(28)31-10-5-4-9-30(31)34/h1-5,7-13,21-22,24-25H,6,14-20,23H2,(H,44,45)(H,38,39,40). The zero-order chi connectivity index (χ0) is 32.0. The van der Waals surface area contributed by atoms with Crippen LogP contribution in [-0.4, -0.2) is 80.1 Å². The minimum absolute atomic E-state index is 0.278. The maximum absolute atomic E-state index is 12.4. The summed E-state index contributed by atoms with van der Waals surface area (Å²) in [5.41, 5.74) is 4.64. The Hall–Kier alpha value is -4.77. The summed E-state index contributed by atoms with van der Waals surface area (Å²) >= 11 is 1.75. The second kappa shape index (κ2) is 14.3. The van der Waals surface area contributed by atoms with E-state index in [0.717, 1.165) is 83.3 Å². The van der Waals surface area contributed by atoms with E-state index in [2.05, 4.69) is 56.7 Å². The van der Waals surface area contributed by atoms with E-state index in [1.165, 1.54) is 11.9 Å². The Labute approximate surface area is 277 Å². The number of fused-ring (bicyclic) bond motifs is 4. The first kappa shape index (κ1) is 30.9. The third-order valence-corrected chi connectivity index (χ3v) is 9.43. The number of nitrogens with zero attached hydrogens (tertiary/aromatic N) is 5. The van der Waals surface area contributed by atoms with Crippen molar-refractivity contribution >= 4 is 67.4 Å². The van der Waals surface area contributed by atoms with Crippen LogP contribution < -0.4 is 5.32 Å². The summed E-state index contributed by atoms with van der Waals surface area (Å²) in [6.45, 7) is 5.31. The van der Waals surface area contributed by atoms with E-state index >= 15 is 0 Å². The quantitative estimate of drug-likeness (QED) is 0.109. The highest BCUT2D eigenvalue weighted by molar-refractivity contribution is 7.99. The Kier molecular flexibility index (Phi) is 9.41. The minimum atomic E-state index is -0.950. The molecule has 2 aromatic heterocycles. The first-order chi connectivity index (χ1) is 23.1. The Balaban J connectivity index is 1.14. The Morgan fingerprint density at radius 2 is 1.77 bits per heavy atom. The summed E-state index contributed by atoms with van der Waals surface area (Å²) in [5.74, 6) is 1.27. The molecule has 0 saturated carbocycles. The van der Waals surface area contributed by atoms with Crippen LogP contribution in [-0.2, 0) is 16.1 Å². The molecule has 1 aliphatic rings. The summed E-state index contributed by atoms with van der Waals surface area (Å²) in [4.78, 5) is 23.9. The maximum atomic E-state index is 12.4. The number of nitrogens with one attached hydrogen (secondary N) is 1. The van der Waals surface area contributed by atoms with Crippen molar-refractivity contribution in [2.75, 3.05) is 49.7 Å². The van der Waals surface area contributed by atoms with Crippen LogP contribution in [0.5, 0.6) is 0 Å². The van der Waals surface area contributed by atoms with E-state index in [1.54, 1.807) is 11.8 Å². The number of morpholine rings is 1. The number of aromatic nitrogens is 4. The van der Waals surface area contributed by atoms with E-state index in [9.17, 15) is 9.90 Å². The number of carboxylic acids is 1. The molecule has 0 amide bonds. The van der Waals surface area contributed by atoms with Gasteiger partial charge in [-0.25, -0.2) is 14.8 Å². The summed E-state index contributed by atoms with van der Waals surface area (Å²) in [6.07, 6.45) is 6.48. The second-order valence-electron chi connectivity index (χ2n) is 11.6. The predicted molar refractivity (Wildman–Crippen MR) is 190 cm³/mol. The van der Waals surface area contributed by atoms with Crippen LogP contribution in [0.3, 0.4) is 0 Å². The second-order valence-corrected chi connectivity index (χ2v) is 12.8. The number of anilines is 2. The van der Waals surface area contributed by atoms with Crippen molar-refractivity contribution in [2.45, 2.75) is 13.0 Å². The normalized spacial score (nSPS) is 14.3. The molecule has 0 spiro atoms. The highest BCUT2D eigenvalue weighted by atomic mass is 32.2. The van der Waals surface area contributed by atoms with Crippen molar-refractivity contribution in [2.24, 2.45) is 0 Å². The van der Waals surface area contributed by atoms with Gasteiger partial charge in [0, 0.05) is 52.3 Å². The van der Waals surface area contributed by atoms with Crippen LogP contribution >= 0.6 is 11.8 Å². The molecule has 238 valence electrons. The number of benzene rings is 4. The first-order valence-corrected chi connectivity index (χ1v) is 17.0. The smallest absolute Gasteiger partial charge is 0.335 e. The number of thioether (sulfide) groups is 1. The molecule has 10 heteroatoms. The summed E-state index contributed by atoms with van der Waals surface area (Å²) in [6, 6.07) is 26.2. The average Bonchev–Trinajstić information content (AvgIpc) is 3.51. The molecule has 3 heterocycles. The minimum Gasteiger partial charge on any atom is -0.478 e. The zero-order valence-corrected chi connectivity index (χ0v) is 26.8. The number of carbonyl (C=O) groups is 1. The third-order valence-electron chi connectivity index (χ3n) is 8.45. The van der Waals surface area contributed by atoms with Crippen LogP contribution in [0, 0.1) is 0 Å². The predicted octanol–water partition coefficient (Wildman–Crippen LogP) is 6.85. The van der Waals surface area contributed by atoms with E-state index in [0.29, 0.717) is 23.7 Å². The molecule has 0 aliphatic carbocycles. The molecule has 1 aliphatic heterocycles. The summed E-state index contributed by atoms with van der Waals surface area (Å²) in [5, 5.41) is 22.5. The number of hydrogen-bond donors (Lipinski definition) is 2. The molecule has 1 saturated heterocycles. The molecular formula is C37H36N6O3S. The van der Waals surface area contributed by atoms with Gasteiger partial charge in [-0.2, -0.15) is 16.9 Å². The highest BCUT2D eigenvalue weighted by Crippen LogP contribution is 2.35. The van der Waals surface area contributed by atoms with Crippen molar-refractivity contribution in [3.8, 4) is 0 Å². The van der Waals surface area contributed by atoms with Gasteiger partial charge in [0.2, 0.25) is 0 Å². The van der Waals surface area contributed by atoms with Crippen LogP contribution in [0.1, 0.15) is 17.5 Å². The molecule has 2 N–H and O–H groups in total. The van der Waals surface area contributed by atoms with Gasteiger partial charge >= 0.3 is 5.97 Å². The Bertz CT molecular complexity index is 2060. The summed E-state index contributed by atoms with van der Waals surface area (Å²) in [7, 11) is 0. The lowest BCUT2D eigenvalue weighted by molar-refractivity contribution is -0.130. The van der Waals surface area contributed by atoms with Crippen LogP contribution in [0.15, 0.2) is 97.5 Å². The van der Waals surface area contributed by atoms with Gasteiger partial charge < -0.3 is 15.2 Å². The Morgan fingerprint density at radius 3 is 2.60 bits per heavy atom. The van der Waals surface area contributed by atoms with Crippen LogP contribution in [0.4, 0.5) is 11.5 Å². The molecule has 7 rings (SSSR count). The van der Waals surface area contributed by atoms with Gasteiger partial charge in [-0.05, 0) is 48.0 Å². The lowest BCUT2D eigenvalue weighted by Crippen LogP contribution is -2.36. The van der Waals surface area contributed by atoms with Crippen LogP contribution in [0.25, 0.3) is 38.2 Å². The molecule has 0 radical (unpaired) electrons. The Morgan fingerprint density at radius 1 is 0.957 bits per heavy atom. The van der Waals surface area contributed by atoms with Crippen molar-refractivity contribution in [1.29, 1.82) is 0 Å². The zero-order valence-electron chi connectivity index (χ0n) is 26.0. The third kappa shape index (κ3) is 7.15. The van der Waals surface area contributed by atoms with E-state index in [-0.39, 0.29) is 5.57 Å². The molecule has 6 aromatic rings. The lowest BCUT2D eigenvalue weighted by Gasteiger charge is -2.26. The van der Waals surface area contributed by atoms with Crippen molar-refractivity contribution < 1.29 is 14.6 Å². The van der Waals surface area contributed by atoms with E-state index < -0.39 is 5.97 Å². The van der Waals surface area contributed by atoms with Gasteiger partial charge in [0.1, 0.15) is 17.7 Å². The van der Waals surface area contributed by atoms with Crippen molar-refractivity contribution in [3.63, 3.8) is 0 Å². The fraction of sp³-hybridized carbons (Fsp3) is 0.243. The molecule has 4 aromatic carbocycles. The number of aliphatic carboxylic acids is 1. The molecule has 9 nitrogen and oxygen atoms in total.